The summed E-state index contributed by atoms with van der Waals surface area (Å²) in [6, 6.07) is 14.3. The maximum Gasteiger partial charge on any atom is 0.271 e. The highest BCUT2D eigenvalue weighted by atomic mass is 127. The van der Waals surface area contributed by atoms with Crippen LogP contribution in [0.15, 0.2) is 36.4 Å². The molecule has 2 aliphatic carbocycles. The summed E-state index contributed by atoms with van der Waals surface area (Å²) in [6.45, 7) is 24.0. The predicted octanol–water partition coefficient (Wildman–Crippen LogP) is 9.52. The van der Waals surface area contributed by atoms with Gasteiger partial charge in [0.15, 0.2) is 0 Å². The van der Waals surface area contributed by atoms with E-state index < -0.39 is 0 Å². The normalized spacial score (nSPS) is 16.8. The highest BCUT2D eigenvalue weighted by molar-refractivity contribution is 7.58. The van der Waals surface area contributed by atoms with Gasteiger partial charge in [-0.25, -0.2) is 0 Å². The van der Waals surface area contributed by atoms with Gasteiger partial charge < -0.3 is 24.0 Å². The molecule has 2 saturated carbocycles. The number of hydrogen-bond acceptors (Lipinski definition) is 0. The van der Waals surface area contributed by atoms with Crippen molar-refractivity contribution in [3.05, 3.63) is 75.9 Å². The minimum Gasteiger partial charge on any atom is -1.00 e. The van der Waals surface area contributed by atoms with Crippen LogP contribution in [-0.2, 0) is 6.16 Å². The molecule has 254 valence electrons. The van der Waals surface area contributed by atoms with Crippen LogP contribution >= 0.6 is 7.92 Å². The Kier molecular flexibility index (Phi) is 13.5. The number of nitrogens with zero attached hydrogens (tertiary/aromatic N) is 2. The molecule has 3 aromatic rings. The van der Waals surface area contributed by atoms with Crippen molar-refractivity contribution in [2.24, 2.45) is 0 Å². The zero-order valence-corrected chi connectivity index (χ0v) is 34.0. The van der Waals surface area contributed by atoms with E-state index in [0.29, 0.717) is 23.7 Å². The van der Waals surface area contributed by atoms with Gasteiger partial charge in [-0.3, -0.25) is 0 Å². The average Bonchev–Trinajstić information content (AvgIpc) is 3.27. The first-order valence-corrected chi connectivity index (χ1v) is 20.3. The van der Waals surface area contributed by atoms with Crippen molar-refractivity contribution in [2.45, 2.75) is 175 Å². The summed E-state index contributed by atoms with van der Waals surface area (Å²) in [7, 11) is -0.127. The van der Waals surface area contributed by atoms with Crippen LogP contribution in [0.1, 0.15) is 183 Å². The van der Waals surface area contributed by atoms with Crippen LogP contribution in [0.4, 0.5) is 0 Å². The molecule has 1 heterocycles. The summed E-state index contributed by atoms with van der Waals surface area (Å²) in [6.07, 6.45) is 15.7. The van der Waals surface area contributed by atoms with Crippen molar-refractivity contribution in [1.29, 1.82) is 0 Å². The van der Waals surface area contributed by atoms with E-state index in [1.807, 2.05) is 0 Å². The third-order valence-corrected chi connectivity index (χ3v) is 14.8. The van der Waals surface area contributed by atoms with Gasteiger partial charge in [0.25, 0.3) is 5.82 Å². The van der Waals surface area contributed by atoms with Crippen molar-refractivity contribution in [1.82, 2.24) is 4.57 Å². The fourth-order valence-corrected chi connectivity index (χ4v) is 12.4. The maximum absolute atomic E-state index is 2.81. The number of rotatable bonds is 10. The zero-order chi connectivity index (χ0) is 32.4. The second kappa shape index (κ2) is 16.5. The van der Waals surface area contributed by atoms with Gasteiger partial charge in [0.2, 0.25) is 0 Å². The van der Waals surface area contributed by atoms with Crippen LogP contribution < -0.4 is 28.5 Å². The Morgan fingerprint density at radius 2 is 1.02 bits per heavy atom. The van der Waals surface area contributed by atoms with Gasteiger partial charge in [-0.2, -0.15) is 9.13 Å². The van der Waals surface area contributed by atoms with Gasteiger partial charge in [-0.05, 0) is 60.7 Å². The van der Waals surface area contributed by atoms with Crippen molar-refractivity contribution in [2.75, 3.05) is 0 Å². The van der Waals surface area contributed by atoms with Gasteiger partial charge in [-0.15, -0.1) is 0 Å². The summed E-state index contributed by atoms with van der Waals surface area (Å²) in [5.41, 5.74) is 13.6. The molecule has 1 aromatic heterocycles. The van der Waals surface area contributed by atoms with E-state index in [1.165, 1.54) is 115 Å². The van der Waals surface area contributed by atoms with Crippen LogP contribution in [0.3, 0.4) is 0 Å². The third-order valence-electron chi connectivity index (χ3n) is 11.3. The molecule has 4 heteroatoms. The fourth-order valence-electron chi connectivity index (χ4n) is 8.63. The molecule has 0 unspecified atom stereocenters. The molecule has 46 heavy (non-hydrogen) atoms. The van der Waals surface area contributed by atoms with Gasteiger partial charge >= 0.3 is 0 Å². The quantitative estimate of drug-likeness (QED) is 0.111. The Hall–Kier alpha value is -1.19. The van der Waals surface area contributed by atoms with Gasteiger partial charge in [0.05, 0.1) is 6.16 Å². The summed E-state index contributed by atoms with van der Waals surface area (Å²) >= 11 is 0. The van der Waals surface area contributed by atoms with E-state index >= 15 is 0 Å². The molecule has 2 aliphatic rings. The van der Waals surface area contributed by atoms with E-state index in [0.717, 1.165) is 11.3 Å². The van der Waals surface area contributed by atoms with Crippen molar-refractivity contribution in [3.8, 4) is 11.4 Å². The molecule has 0 N–H and O–H groups in total. The van der Waals surface area contributed by atoms with E-state index in [9.17, 15) is 0 Å². The number of benzene rings is 2. The van der Waals surface area contributed by atoms with Crippen molar-refractivity contribution >= 4 is 7.92 Å². The lowest BCUT2D eigenvalue weighted by Gasteiger charge is -2.38. The Morgan fingerprint density at radius 1 is 0.630 bits per heavy atom. The van der Waals surface area contributed by atoms with Gasteiger partial charge in [0.1, 0.15) is 22.8 Å². The van der Waals surface area contributed by atoms with Crippen molar-refractivity contribution in [3.63, 3.8) is 0 Å². The Morgan fingerprint density at radius 3 is 1.41 bits per heavy atom. The molecule has 0 saturated heterocycles. The van der Waals surface area contributed by atoms with Crippen LogP contribution in [0, 0.1) is 13.8 Å². The lowest BCUT2D eigenvalue weighted by Crippen LogP contribution is -3.00. The average molecular weight is 755 g/mol. The molecule has 0 spiro atoms. The smallest absolute Gasteiger partial charge is 0.271 e. The topological polar surface area (TPSA) is 8.81 Å². The van der Waals surface area contributed by atoms with E-state index in [1.54, 1.807) is 5.82 Å². The lowest BCUT2D eigenvalue weighted by molar-refractivity contribution is -0.610. The number of para-hydroxylation sites is 2. The highest BCUT2D eigenvalue weighted by Crippen LogP contribution is 2.58. The first kappa shape index (κ1) is 37.6. The molecular weight excluding hydrogens is 690 g/mol. The Labute approximate surface area is 301 Å². The minimum absolute atomic E-state index is 0. The van der Waals surface area contributed by atoms with Crippen LogP contribution in [-0.4, -0.2) is 15.9 Å². The highest BCUT2D eigenvalue weighted by Gasteiger charge is 2.39. The third kappa shape index (κ3) is 7.66. The maximum atomic E-state index is 2.81. The standard InChI is InChI=1S/C42H64N2P.HI/c1-28(2)36-23-17-24-37(29(3)4)41(36)43-32(9)33(10)44(42-38(30(5)6)25-18-26-39(42)31(7)8)40(43)27-45(34-19-13-11-14-20-34)35-21-15-12-16-22-35;/h17-18,23-26,28-31,34-35H,11-16,19-22,27H2,1-10H3;1H/q+1;/p-1. The second-order valence-corrected chi connectivity index (χ2v) is 18.5. The SMILES string of the molecule is Cc1c(C)[n+](-c2c(C(C)C)cccc2C(C)C)c(CP(C2CCCCC2)C2CCCCC2)n1-c1c(C(C)C)cccc1C(C)C.[I-]. The minimum atomic E-state index is -0.127. The molecule has 2 nitrogen and oxygen atoms in total. The first-order chi connectivity index (χ1) is 21.5. The first-order valence-electron chi connectivity index (χ1n) is 18.7. The molecule has 0 atom stereocenters. The Balaban J connectivity index is 0.00000480. The van der Waals surface area contributed by atoms with Crippen LogP contribution in [0.25, 0.3) is 11.4 Å². The van der Waals surface area contributed by atoms with Crippen molar-refractivity contribution < 1.29 is 28.5 Å². The van der Waals surface area contributed by atoms with Gasteiger partial charge in [-0.1, -0.05) is 138 Å². The monoisotopic (exact) mass is 754 g/mol. The molecule has 0 amide bonds. The number of aromatic nitrogens is 2. The summed E-state index contributed by atoms with van der Waals surface area (Å²) in [5.74, 6) is 3.44. The summed E-state index contributed by atoms with van der Waals surface area (Å²) in [4.78, 5) is 0. The summed E-state index contributed by atoms with van der Waals surface area (Å²) in [5, 5.41) is 0. The van der Waals surface area contributed by atoms with Gasteiger partial charge in [0, 0.05) is 36.1 Å². The molecule has 2 aromatic carbocycles. The molecule has 2 fully saturated rings. The lowest BCUT2D eigenvalue weighted by atomic mass is 9.92. The van der Waals surface area contributed by atoms with E-state index in [2.05, 4.69) is 115 Å². The Bertz CT molecular complexity index is 1280. The van der Waals surface area contributed by atoms with E-state index in [-0.39, 0.29) is 31.9 Å². The molecule has 0 radical (unpaired) electrons. The molecular formula is C42H64IN2P. The fraction of sp³-hybridized carbons (Fsp3) is 0.643. The van der Waals surface area contributed by atoms with Crippen LogP contribution in [0.2, 0.25) is 0 Å². The molecule has 5 rings (SSSR count). The molecule has 0 bridgehead atoms. The molecule has 0 aliphatic heterocycles. The predicted molar refractivity (Wildman–Crippen MR) is 198 cm³/mol. The van der Waals surface area contributed by atoms with E-state index in [4.69, 9.17) is 0 Å². The largest absolute Gasteiger partial charge is 1.00 e. The number of imidazole rings is 1. The zero-order valence-electron chi connectivity index (χ0n) is 30.9. The van der Waals surface area contributed by atoms with Crippen LogP contribution in [0.5, 0.6) is 0 Å². The summed E-state index contributed by atoms with van der Waals surface area (Å²) < 4.78 is 5.62. The number of hydrogen-bond donors (Lipinski definition) is 0. The number of halogens is 1. The second-order valence-electron chi connectivity index (χ2n) is 15.7.